The van der Waals surface area contributed by atoms with Crippen molar-refractivity contribution in [1.82, 2.24) is 15.0 Å². The first-order chi connectivity index (χ1) is 11.7. The summed E-state index contributed by atoms with van der Waals surface area (Å²) in [6.45, 7) is 1.39. The van der Waals surface area contributed by atoms with Crippen LogP contribution in [-0.2, 0) is 6.54 Å². The lowest BCUT2D eigenvalue weighted by atomic mass is 10.2. The summed E-state index contributed by atoms with van der Waals surface area (Å²) in [5.74, 6) is 0.780. The number of aliphatic hydroxyl groups is 1. The summed E-state index contributed by atoms with van der Waals surface area (Å²) in [5, 5.41) is 10.2. The van der Waals surface area contributed by atoms with Crippen LogP contribution in [0.1, 0.15) is 12.0 Å². The molecule has 3 aromatic rings. The van der Waals surface area contributed by atoms with Gasteiger partial charge in [-0.2, -0.15) is 0 Å². The summed E-state index contributed by atoms with van der Waals surface area (Å²) in [7, 11) is 0. The zero-order chi connectivity index (χ0) is 16.9. The lowest BCUT2D eigenvalue weighted by Gasteiger charge is -2.24. The van der Waals surface area contributed by atoms with Crippen molar-refractivity contribution in [3.63, 3.8) is 0 Å². The van der Waals surface area contributed by atoms with Crippen LogP contribution in [0.25, 0.3) is 11.2 Å². The Balaban J connectivity index is 1.90. The number of anilines is 1. The van der Waals surface area contributed by atoms with Crippen molar-refractivity contribution in [2.45, 2.75) is 13.0 Å². The van der Waals surface area contributed by atoms with Crippen LogP contribution in [0, 0.1) is 0 Å². The van der Waals surface area contributed by atoms with Gasteiger partial charge in [0.25, 0.3) is 0 Å². The fourth-order valence-electron chi connectivity index (χ4n) is 2.42. The van der Waals surface area contributed by atoms with E-state index in [-0.39, 0.29) is 6.61 Å². The van der Waals surface area contributed by atoms with E-state index in [4.69, 9.17) is 23.2 Å². The molecule has 5 nitrogen and oxygen atoms in total. The molecule has 0 fully saturated rings. The standard InChI is InChI=1S/C17H16Cl2N4O/c18-13-3-2-12(10-14(13)19)11-23(8-1-9-24)16-5-4-15-17(22-16)21-7-6-20-15/h2-7,10,24H,1,8-9,11H2. The molecule has 1 N–H and O–H groups in total. The third kappa shape index (κ3) is 3.93. The zero-order valence-corrected chi connectivity index (χ0v) is 14.4. The molecule has 0 aliphatic carbocycles. The molecule has 7 heteroatoms. The van der Waals surface area contributed by atoms with Gasteiger partial charge in [-0.05, 0) is 36.2 Å². The van der Waals surface area contributed by atoms with Crippen molar-refractivity contribution in [2.24, 2.45) is 0 Å². The molecule has 0 unspecified atom stereocenters. The van der Waals surface area contributed by atoms with E-state index >= 15 is 0 Å². The van der Waals surface area contributed by atoms with E-state index in [1.807, 2.05) is 24.3 Å². The number of rotatable bonds is 6. The molecule has 2 aromatic heterocycles. The second kappa shape index (κ2) is 7.75. The van der Waals surface area contributed by atoms with Crippen LogP contribution in [-0.4, -0.2) is 33.2 Å². The SMILES string of the molecule is OCCCN(Cc1ccc(Cl)c(Cl)c1)c1ccc2nccnc2n1. The zero-order valence-electron chi connectivity index (χ0n) is 12.9. The third-order valence-electron chi connectivity index (χ3n) is 3.58. The normalized spacial score (nSPS) is 11.0. The molecule has 0 atom stereocenters. The Morgan fingerprint density at radius 3 is 2.62 bits per heavy atom. The van der Waals surface area contributed by atoms with Gasteiger partial charge >= 0.3 is 0 Å². The molecular weight excluding hydrogens is 347 g/mol. The minimum absolute atomic E-state index is 0.116. The van der Waals surface area contributed by atoms with Crippen LogP contribution >= 0.6 is 23.2 Å². The van der Waals surface area contributed by atoms with Gasteiger partial charge in [-0.3, -0.25) is 4.98 Å². The monoisotopic (exact) mass is 362 g/mol. The number of pyridine rings is 1. The molecule has 24 heavy (non-hydrogen) atoms. The minimum atomic E-state index is 0.116. The van der Waals surface area contributed by atoms with E-state index in [1.165, 1.54) is 0 Å². The Morgan fingerprint density at radius 2 is 1.83 bits per heavy atom. The van der Waals surface area contributed by atoms with Crippen molar-refractivity contribution >= 4 is 40.2 Å². The first kappa shape index (κ1) is 16.9. The van der Waals surface area contributed by atoms with Gasteiger partial charge < -0.3 is 10.0 Å². The quantitative estimate of drug-likeness (QED) is 0.723. The molecule has 0 amide bonds. The molecule has 0 saturated carbocycles. The summed E-state index contributed by atoms with van der Waals surface area (Å²) >= 11 is 12.1. The van der Waals surface area contributed by atoms with Crippen LogP contribution in [0.4, 0.5) is 5.82 Å². The Bertz CT molecular complexity index is 844. The van der Waals surface area contributed by atoms with Crippen molar-refractivity contribution in [3.05, 3.63) is 58.3 Å². The third-order valence-corrected chi connectivity index (χ3v) is 4.32. The number of aromatic nitrogens is 3. The summed E-state index contributed by atoms with van der Waals surface area (Å²) in [4.78, 5) is 15.1. The summed E-state index contributed by atoms with van der Waals surface area (Å²) in [5.41, 5.74) is 2.36. The fraction of sp³-hybridized carbons (Fsp3) is 0.235. The number of benzene rings is 1. The van der Waals surface area contributed by atoms with E-state index in [0.717, 1.165) is 16.9 Å². The van der Waals surface area contributed by atoms with E-state index < -0.39 is 0 Å². The van der Waals surface area contributed by atoms with Gasteiger partial charge in [-0.1, -0.05) is 29.3 Å². The Labute approximate surface area is 149 Å². The minimum Gasteiger partial charge on any atom is -0.396 e. The number of aliphatic hydroxyl groups excluding tert-OH is 1. The molecule has 0 saturated heterocycles. The van der Waals surface area contributed by atoms with Gasteiger partial charge in [-0.15, -0.1) is 0 Å². The second-order valence-electron chi connectivity index (χ2n) is 5.32. The molecule has 3 rings (SSSR count). The van der Waals surface area contributed by atoms with Crippen LogP contribution in [0.5, 0.6) is 0 Å². The summed E-state index contributed by atoms with van der Waals surface area (Å²) in [6.07, 6.45) is 3.90. The van der Waals surface area contributed by atoms with E-state index in [0.29, 0.717) is 35.2 Å². The fourth-order valence-corrected chi connectivity index (χ4v) is 2.74. The van der Waals surface area contributed by atoms with E-state index in [9.17, 15) is 5.11 Å². The molecule has 0 radical (unpaired) electrons. The number of fused-ring (bicyclic) bond motifs is 1. The van der Waals surface area contributed by atoms with Crippen LogP contribution in [0.15, 0.2) is 42.7 Å². The van der Waals surface area contributed by atoms with Crippen LogP contribution in [0.3, 0.4) is 0 Å². The molecule has 0 aliphatic heterocycles. The smallest absolute Gasteiger partial charge is 0.180 e. The first-order valence-corrected chi connectivity index (χ1v) is 8.30. The van der Waals surface area contributed by atoms with E-state index in [2.05, 4.69) is 19.9 Å². The number of hydrogen-bond acceptors (Lipinski definition) is 5. The summed E-state index contributed by atoms with van der Waals surface area (Å²) < 4.78 is 0. The maximum atomic E-state index is 9.17. The van der Waals surface area contributed by atoms with Gasteiger partial charge in [0.15, 0.2) is 5.65 Å². The predicted octanol–water partition coefficient (Wildman–Crippen LogP) is 3.72. The molecule has 0 bridgehead atoms. The van der Waals surface area contributed by atoms with Crippen molar-refractivity contribution in [1.29, 1.82) is 0 Å². The van der Waals surface area contributed by atoms with Crippen molar-refractivity contribution < 1.29 is 5.11 Å². The van der Waals surface area contributed by atoms with Crippen LogP contribution < -0.4 is 4.90 Å². The molecule has 0 aliphatic rings. The Morgan fingerprint density at radius 1 is 1.00 bits per heavy atom. The van der Waals surface area contributed by atoms with E-state index in [1.54, 1.807) is 18.5 Å². The molecule has 124 valence electrons. The number of nitrogens with zero attached hydrogens (tertiary/aromatic N) is 4. The van der Waals surface area contributed by atoms with Crippen molar-refractivity contribution in [2.75, 3.05) is 18.1 Å². The molecule has 0 spiro atoms. The topological polar surface area (TPSA) is 62.1 Å². The molecular formula is C17H16Cl2N4O. The Kier molecular flexibility index (Phi) is 5.45. The number of hydrogen-bond donors (Lipinski definition) is 1. The lowest BCUT2D eigenvalue weighted by Crippen LogP contribution is -2.25. The van der Waals surface area contributed by atoms with Crippen molar-refractivity contribution in [3.8, 4) is 0 Å². The van der Waals surface area contributed by atoms with Gasteiger partial charge in [0.2, 0.25) is 0 Å². The number of halogens is 2. The predicted molar refractivity (Wildman–Crippen MR) is 96.5 cm³/mol. The highest BCUT2D eigenvalue weighted by Crippen LogP contribution is 2.24. The Hall–Kier alpha value is -1.95. The maximum absolute atomic E-state index is 9.17. The highest BCUT2D eigenvalue weighted by Gasteiger charge is 2.11. The summed E-state index contributed by atoms with van der Waals surface area (Å²) in [6, 6.07) is 9.36. The van der Waals surface area contributed by atoms with Gasteiger partial charge in [0.1, 0.15) is 11.3 Å². The largest absolute Gasteiger partial charge is 0.396 e. The molecule has 2 heterocycles. The maximum Gasteiger partial charge on any atom is 0.180 e. The average molecular weight is 363 g/mol. The van der Waals surface area contributed by atoms with Gasteiger partial charge in [-0.25, -0.2) is 9.97 Å². The average Bonchev–Trinajstić information content (AvgIpc) is 2.61. The second-order valence-corrected chi connectivity index (χ2v) is 6.13. The van der Waals surface area contributed by atoms with Crippen LogP contribution in [0.2, 0.25) is 10.0 Å². The highest BCUT2D eigenvalue weighted by atomic mass is 35.5. The van der Waals surface area contributed by atoms with Gasteiger partial charge in [0.05, 0.1) is 10.0 Å². The first-order valence-electron chi connectivity index (χ1n) is 7.55. The lowest BCUT2D eigenvalue weighted by molar-refractivity contribution is 0.289. The van der Waals surface area contributed by atoms with Gasteiger partial charge in [0, 0.05) is 32.1 Å². The highest BCUT2D eigenvalue weighted by molar-refractivity contribution is 6.42. The molecule has 1 aromatic carbocycles.